The van der Waals surface area contributed by atoms with Crippen molar-refractivity contribution in [1.29, 1.82) is 0 Å². The summed E-state index contributed by atoms with van der Waals surface area (Å²) in [6.07, 6.45) is 2.60. The Hall–Kier alpha value is -2.25. The maximum atomic E-state index is 12.3. The highest BCUT2D eigenvalue weighted by Gasteiger charge is 2.22. The third-order valence-electron chi connectivity index (χ3n) is 4.21. The number of rotatable bonds is 9. The van der Waals surface area contributed by atoms with Gasteiger partial charge in [0.1, 0.15) is 12.3 Å². The predicted molar refractivity (Wildman–Crippen MR) is 113 cm³/mol. The predicted octanol–water partition coefficient (Wildman–Crippen LogP) is 3.17. The Morgan fingerprint density at radius 2 is 1.96 bits per heavy atom. The third-order valence-corrected chi connectivity index (χ3v) is 5.58. The second-order valence-electron chi connectivity index (χ2n) is 6.51. The van der Waals surface area contributed by atoms with Crippen LogP contribution in [0.25, 0.3) is 0 Å². The smallest absolute Gasteiger partial charge is 0.240 e. The van der Waals surface area contributed by atoms with E-state index in [1.807, 2.05) is 24.3 Å². The Balaban J connectivity index is 1.93. The number of nitrogens with one attached hydrogen (secondary N) is 1. The Morgan fingerprint density at radius 1 is 1.21 bits per heavy atom. The van der Waals surface area contributed by atoms with E-state index in [9.17, 15) is 13.2 Å². The lowest BCUT2D eigenvalue weighted by atomic mass is 10.1. The van der Waals surface area contributed by atoms with Gasteiger partial charge in [-0.3, -0.25) is 9.10 Å². The van der Waals surface area contributed by atoms with E-state index < -0.39 is 10.0 Å². The Labute approximate surface area is 171 Å². The van der Waals surface area contributed by atoms with Crippen LogP contribution in [-0.4, -0.2) is 40.8 Å². The molecule has 152 valence electrons. The van der Waals surface area contributed by atoms with E-state index in [1.54, 1.807) is 32.2 Å². The molecule has 2 aromatic rings. The fraction of sp³-hybridized carbons (Fsp3) is 0.350. The molecule has 0 spiro atoms. The quantitative estimate of drug-likeness (QED) is 0.627. The number of amides is 1. The lowest BCUT2D eigenvalue weighted by molar-refractivity contribution is -0.119. The highest BCUT2D eigenvalue weighted by atomic mass is 35.5. The van der Waals surface area contributed by atoms with Gasteiger partial charge < -0.3 is 10.1 Å². The summed E-state index contributed by atoms with van der Waals surface area (Å²) < 4.78 is 30.6. The zero-order valence-corrected chi connectivity index (χ0v) is 17.8. The number of carbonyl (C=O) groups is 1. The van der Waals surface area contributed by atoms with Crippen molar-refractivity contribution in [2.75, 3.05) is 30.8 Å². The van der Waals surface area contributed by atoms with Crippen molar-refractivity contribution in [3.63, 3.8) is 0 Å². The lowest BCUT2D eigenvalue weighted by Gasteiger charge is -2.23. The van der Waals surface area contributed by atoms with Crippen LogP contribution in [0.15, 0.2) is 42.5 Å². The van der Waals surface area contributed by atoms with Crippen molar-refractivity contribution >= 4 is 33.2 Å². The van der Waals surface area contributed by atoms with Gasteiger partial charge in [0.15, 0.2) is 0 Å². The van der Waals surface area contributed by atoms with Gasteiger partial charge in [-0.25, -0.2) is 8.42 Å². The van der Waals surface area contributed by atoms with Crippen LogP contribution in [0.5, 0.6) is 5.75 Å². The van der Waals surface area contributed by atoms with E-state index in [0.29, 0.717) is 22.8 Å². The molecule has 28 heavy (non-hydrogen) atoms. The molecule has 0 saturated heterocycles. The van der Waals surface area contributed by atoms with Crippen molar-refractivity contribution < 1.29 is 17.9 Å². The molecular weight excluding hydrogens is 400 g/mol. The zero-order chi connectivity index (χ0) is 20.7. The Kier molecular flexibility index (Phi) is 7.71. The molecule has 1 amide bonds. The van der Waals surface area contributed by atoms with E-state index in [2.05, 4.69) is 5.32 Å². The first-order valence-corrected chi connectivity index (χ1v) is 11.1. The van der Waals surface area contributed by atoms with Crippen molar-refractivity contribution in [3.05, 3.63) is 58.6 Å². The van der Waals surface area contributed by atoms with E-state index >= 15 is 0 Å². The number of hydrogen-bond acceptors (Lipinski definition) is 4. The SMILES string of the molecule is COc1cccc(CCCNC(=O)CN(c2ccc(Cl)cc2C)S(C)(=O)=O)c1. The molecule has 2 rings (SSSR count). The standard InChI is InChI=1S/C20H25ClN2O4S/c1-15-12-17(21)9-10-19(15)23(28(3,25)26)14-20(24)22-11-5-7-16-6-4-8-18(13-16)27-2/h4,6,8-10,12-13H,5,7,11,14H2,1-3H3,(H,22,24). The molecule has 0 atom stereocenters. The summed E-state index contributed by atoms with van der Waals surface area (Å²) in [5, 5.41) is 3.29. The van der Waals surface area contributed by atoms with E-state index in [0.717, 1.165) is 34.7 Å². The van der Waals surface area contributed by atoms with Gasteiger partial charge in [0, 0.05) is 11.6 Å². The normalized spacial score (nSPS) is 11.1. The van der Waals surface area contributed by atoms with Crippen LogP contribution in [-0.2, 0) is 21.2 Å². The third kappa shape index (κ3) is 6.42. The van der Waals surface area contributed by atoms with Gasteiger partial charge in [-0.15, -0.1) is 0 Å². The van der Waals surface area contributed by atoms with E-state index in [1.165, 1.54) is 0 Å². The maximum Gasteiger partial charge on any atom is 0.240 e. The number of carbonyl (C=O) groups excluding carboxylic acids is 1. The van der Waals surface area contributed by atoms with Gasteiger partial charge in [0.2, 0.25) is 15.9 Å². The first kappa shape index (κ1) is 22.0. The second kappa shape index (κ2) is 9.80. The molecule has 0 aliphatic rings. The maximum absolute atomic E-state index is 12.3. The average Bonchev–Trinajstić information content (AvgIpc) is 2.63. The average molecular weight is 425 g/mol. The molecule has 0 unspecified atom stereocenters. The minimum atomic E-state index is -3.61. The molecule has 0 radical (unpaired) electrons. The van der Waals surface area contributed by atoms with Crippen LogP contribution < -0.4 is 14.4 Å². The number of ether oxygens (including phenoxy) is 1. The summed E-state index contributed by atoms with van der Waals surface area (Å²) in [4.78, 5) is 12.3. The van der Waals surface area contributed by atoms with Crippen LogP contribution in [0, 0.1) is 6.92 Å². The first-order chi connectivity index (χ1) is 13.2. The van der Waals surface area contributed by atoms with Gasteiger partial charge in [-0.2, -0.15) is 0 Å². The van der Waals surface area contributed by atoms with Gasteiger partial charge in [0.25, 0.3) is 0 Å². The topological polar surface area (TPSA) is 75.7 Å². The summed E-state index contributed by atoms with van der Waals surface area (Å²) in [5.41, 5.74) is 2.24. The highest BCUT2D eigenvalue weighted by Crippen LogP contribution is 2.25. The molecule has 6 nitrogen and oxygen atoms in total. The van der Waals surface area contributed by atoms with Crippen LogP contribution in [0.3, 0.4) is 0 Å². The Bertz CT molecular complexity index is 932. The molecule has 0 bridgehead atoms. The summed E-state index contributed by atoms with van der Waals surface area (Å²) in [7, 11) is -1.99. The zero-order valence-electron chi connectivity index (χ0n) is 16.2. The first-order valence-electron chi connectivity index (χ1n) is 8.84. The molecule has 0 heterocycles. The largest absolute Gasteiger partial charge is 0.497 e. The summed E-state index contributed by atoms with van der Waals surface area (Å²) in [6, 6.07) is 12.6. The molecule has 1 N–H and O–H groups in total. The van der Waals surface area contributed by atoms with Gasteiger partial charge in [0.05, 0.1) is 19.1 Å². The summed E-state index contributed by atoms with van der Waals surface area (Å²) in [5.74, 6) is 0.439. The van der Waals surface area contributed by atoms with Crippen LogP contribution in [0.2, 0.25) is 5.02 Å². The second-order valence-corrected chi connectivity index (χ2v) is 8.85. The number of aryl methyl sites for hydroxylation is 2. The number of sulfonamides is 1. The number of halogens is 1. The molecular formula is C20H25ClN2O4S. The van der Waals surface area contributed by atoms with Crippen LogP contribution in [0.4, 0.5) is 5.69 Å². The number of anilines is 1. The van der Waals surface area contributed by atoms with Gasteiger partial charge >= 0.3 is 0 Å². The molecule has 0 saturated carbocycles. The summed E-state index contributed by atoms with van der Waals surface area (Å²) in [6.45, 7) is 1.93. The molecule has 0 fully saturated rings. The minimum absolute atomic E-state index is 0.277. The minimum Gasteiger partial charge on any atom is -0.497 e. The number of nitrogens with zero attached hydrogens (tertiary/aromatic N) is 1. The molecule has 0 aliphatic carbocycles. The fourth-order valence-electron chi connectivity index (χ4n) is 2.81. The van der Waals surface area contributed by atoms with Crippen molar-refractivity contribution in [2.45, 2.75) is 19.8 Å². The monoisotopic (exact) mass is 424 g/mol. The van der Waals surface area contributed by atoms with Gasteiger partial charge in [-0.1, -0.05) is 23.7 Å². The number of benzene rings is 2. The van der Waals surface area contributed by atoms with Crippen molar-refractivity contribution in [1.82, 2.24) is 5.32 Å². The number of hydrogen-bond donors (Lipinski definition) is 1. The molecule has 2 aromatic carbocycles. The highest BCUT2D eigenvalue weighted by molar-refractivity contribution is 7.92. The van der Waals surface area contributed by atoms with Crippen LogP contribution >= 0.6 is 11.6 Å². The van der Waals surface area contributed by atoms with Crippen LogP contribution in [0.1, 0.15) is 17.5 Å². The van der Waals surface area contributed by atoms with Crippen molar-refractivity contribution in [2.24, 2.45) is 0 Å². The fourth-order valence-corrected chi connectivity index (χ4v) is 3.95. The lowest BCUT2D eigenvalue weighted by Crippen LogP contribution is -2.41. The Morgan fingerprint density at radius 3 is 2.61 bits per heavy atom. The molecule has 0 aromatic heterocycles. The van der Waals surface area contributed by atoms with E-state index in [4.69, 9.17) is 16.3 Å². The van der Waals surface area contributed by atoms with Crippen molar-refractivity contribution in [3.8, 4) is 5.75 Å². The molecule has 0 aliphatic heterocycles. The number of methoxy groups -OCH3 is 1. The van der Waals surface area contributed by atoms with E-state index in [-0.39, 0.29) is 12.5 Å². The summed E-state index contributed by atoms with van der Waals surface area (Å²) >= 11 is 5.94. The van der Waals surface area contributed by atoms with Gasteiger partial charge in [-0.05, 0) is 61.2 Å². The molecule has 8 heteroatoms.